The molecule has 7 atom stereocenters. The van der Waals surface area contributed by atoms with E-state index < -0.39 is 60.7 Å². The Labute approximate surface area is 270 Å². The van der Waals surface area contributed by atoms with Gasteiger partial charge in [-0.25, -0.2) is 0 Å². The monoisotopic (exact) mass is 669 g/mol. The van der Waals surface area contributed by atoms with Gasteiger partial charge < -0.3 is 40.1 Å². The number of fused-ring (bicyclic) bond motifs is 6. The van der Waals surface area contributed by atoms with Crippen LogP contribution in [0, 0.1) is 5.41 Å². The van der Waals surface area contributed by atoms with E-state index >= 15 is 0 Å². The Balaban J connectivity index is 1.41. The summed E-state index contributed by atoms with van der Waals surface area (Å²) in [4.78, 5) is 58.9. The molecule has 16 heteroatoms. The molecule has 4 N–H and O–H groups in total. The number of amides is 4. The summed E-state index contributed by atoms with van der Waals surface area (Å²) in [7, 11) is 0. The summed E-state index contributed by atoms with van der Waals surface area (Å²) >= 11 is 0. The van der Waals surface area contributed by atoms with Crippen LogP contribution >= 0.6 is 0 Å². The molecule has 0 aliphatic carbocycles. The van der Waals surface area contributed by atoms with E-state index in [-0.39, 0.29) is 81.5 Å². The zero-order chi connectivity index (χ0) is 34.3. The molecule has 0 aromatic heterocycles. The number of nitrogens with zero attached hydrogens (tertiary/aromatic N) is 3. The number of aliphatic hydroxyl groups is 2. The number of hydrogen-bond donors (Lipinski definition) is 4. The van der Waals surface area contributed by atoms with Crippen LogP contribution in [-0.4, -0.2) is 130 Å². The largest absolute Gasteiger partial charge is 0.573 e. The SMILES string of the molecule is CC(C)(C)CC(=O)N1CCN2C[C@H]1C(=O)NC[C@H]1O[C@@H](CC(=O)N[C@H]3C[C@@H](C2=O)N(Cc2ccc(OC(F)(F)F)cc2)C3)[C@H](O)[C@@H]1O. The summed E-state index contributed by atoms with van der Waals surface area (Å²) in [5, 5.41) is 26.8. The first-order chi connectivity index (χ1) is 22.0. The molecule has 0 radical (unpaired) electrons. The number of ether oxygens (including phenoxy) is 2. The number of alkyl halides is 3. The van der Waals surface area contributed by atoms with Gasteiger partial charge in [0.1, 0.15) is 30.1 Å². The van der Waals surface area contributed by atoms with E-state index in [0.717, 1.165) is 0 Å². The fourth-order valence-electron chi connectivity index (χ4n) is 6.69. The molecule has 4 saturated heterocycles. The van der Waals surface area contributed by atoms with Crippen LogP contribution in [0.4, 0.5) is 13.2 Å². The maximum Gasteiger partial charge on any atom is 0.573 e. The van der Waals surface area contributed by atoms with Crippen molar-refractivity contribution in [3.8, 4) is 5.75 Å². The highest BCUT2D eigenvalue weighted by atomic mass is 19.4. The van der Waals surface area contributed by atoms with Gasteiger partial charge in [0, 0.05) is 45.2 Å². The molecule has 6 bridgehead atoms. The summed E-state index contributed by atoms with van der Waals surface area (Å²) in [6.45, 7) is 6.12. The molecule has 13 nitrogen and oxygen atoms in total. The van der Waals surface area contributed by atoms with Crippen molar-refractivity contribution in [2.75, 3.05) is 32.7 Å². The first kappa shape index (κ1) is 34.9. The molecule has 47 heavy (non-hydrogen) atoms. The van der Waals surface area contributed by atoms with Crippen molar-refractivity contribution < 1.29 is 52.0 Å². The molecule has 0 spiro atoms. The van der Waals surface area contributed by atoms with Crippen LogP contribution in [0.25, 0.3) is 0 Å². The van der Waals surface area contributed by atoms with Gasteiger partial charge in [-0.15, -0.1) is 13.2 Å². The third-order valence-corrected chi connectivity index (χ3v) is 8.92. The van der Waals surface area contributed by atoms with Gasteiger partial charge in [0.15, 0.2) is 0 Å². The number of nitrogens with one attached hydrogen (secondary N) is 2. The second-order valence-corrected chi connectivity index (χ2v) is 13.9. The number of carbonyl (C=O) groups excluding carboxylic acids is 4. The summed E-state index contributed by atoms with van der Waals surface area (Å²) in [6.07, 6.45) is -9.53. The van der Waals surface area contributed by atoms with Crippen molar-refractivity contribution in [2.45, 2.75) is 95.5 Å². The molecule has 4 aliphatic heterocycles. The van der Waals surface area contributed by atoms with Crippen molar-refractivity contribution in [2.24, 2.45) is 5.41 Å². The molecular formula is C31H42F3N5O8. The summed E-state index contributed by atoms with van der Waals surface area (Å²) < 4.78 is 47.7. The predicted octanol–water partition coefficient (Wildman–Crippen LogP) is 0.129. The topological polar surface area (TPSA) is 161 Å². The van der Waals surface area contributed by atoms with Crippen molar-refractivity contribution >= 4 is 23.6 Å². The molecule has 260 valence electrons. The van der Waals surface area contributed by atoms with Crippen molar-refractivity contribution in [1.82, 2.24) is 25.3 Å². The number of rotatable bonds is 4. The van der Waals surface area contributed by atoms with E-state index in [1.807, 2.05) is 25.7 Å². The molecule has 4 heterocycles. The van der Waals surface area contributed by atoms with Crippen LogP contribution in [0.5, 0.6) is 5.75 Å². The minimum atomic E-state index is -4.84. The quantitative estimate of drug-likeness (QED) is 0.350. The number of likely N-dealkylation sites (tertiary alicyclic amines) is 1. The molecule has 4 amide bonds. The highest BCUT2D eigenvalue weighted by molar-refractivity contribution is 5.90. The number of benzene rings is 1. The number of hydrogen-bond acceptors (Lipinski definition) is 9. The third-order valence-electron chi connectivity index (χ3n) is 8.92. The minimum absolute atomic E-state index is 0.0925. The number of halogens is 3. The average molecular weight is 670 g/mol. The van der Waals surface area contributed by atoms with Crippen LogP contribution in [0.3, 0.4) is 0 Å². The average Bonchev–Trinajstić information content (AvgIpc) is 3.48. The van der Waals surface area contributed by atoms with Gasteiger partial charge in [0.05, 0.1) is 25.1 Å². The molecular weight excluding hydrogens is 627 g/mol. The van der Waals surface area contributed by atoms with E-state index in [0.29, 0.717) is 5.56 Å². The second-order valence-electron chi connectivity index (χ2n) is 13.9. The van der Waals surface area contributed by atoms with Gasteiger partial charge in [-0.3, -0.25) is 24.1 Å². The molecule has 4 fully saturated rings. The smallest absolute Gasteiger partial charge is 0.406 e. The van der Waals surface area contributed by atoms with E-state index in [2.05, 4.69) is 15.4 Å². The highest BCUT2D eigenvalue weighted by Gasteiger charge is 2.47. The van der Waals surface area contributed by atoms with Crippen LogP contribution in [-0.2, 0) is 30.5 Å². The maximum atomic E-state index is 14.1. The number of piperazine rings is 1. The van der Waals surface area contributed by atoms with Gasteiger partial charge in [-0.1, -0.05) is 32.9 Å². The zero-order valence-electron chi connectivity index (χ0n) is 26.5. The fraction of sp³-hybridized carbons (Fsp3) is 0.677. The summed E-state index contributed by atoms with van der Waals surface area (Å²) in [5.74, 6) is -1.94. The lowest BCUT2D eigenvalue weighted by Crippen LogP contribution is -2.63. The number of aliphatic hydroxyl groups excluding tert-OH is 2. The highest BCUT2D eigenvalue weighted by Crippen LogP contribution is 2.29. The first-order valence-electron chi connectivity index (χ1n) is 15.7. The molecule has 0 saturated carbocycles. The predicted molar refractivity (Wildman–Crippen MR) is 158 cm³/mol. The molecule has 5 rings (SSSR count). The van der Waals surface area contributed by atoms with Crippen LogP contribution in [0.1, 0.15) is 45.6 Å². The number of carbonyl (C=O) groups is 4. The van der Waals surface area contributed by atoms with E-state index in [1.165, 1.54) is 34.1 Å². The fourth-order valence-corrected chi connectivity index (χ4v) is 6.69. The van der Waals surface area contributed by atoms with Crippen LogP contribution < -0.4 is 15.4 Å². The van der Waals surface area contributed by atoms with Gasteiger partial charge in [0.2, 0.25) is 23.6 Å². The lowest BCUT2D eigenvalue weighted by atomic mass is 9.91. The summed E-state index contributed by atoms with van der Waals surface area (Å²) in [6, 6.07) is 3.02. The first-order valence-corrected chi connectivity index (χ1v) is 15.7. The lowest BCUT2D eigenvalue weighted by Gasteiger charge is -2.42. The van der Waals surface area contributed by atoms with Gasteiger partial charge >= 0.3 is 6.36 Å². The summed E-state index contributed by atoms with van der Waals surface area (Å²) in [5.41, 5.74) is 0.250. The van der Waals surface area contributed by atoms with E-state index in [9.17, 15) is 42.6 Å². The van der Waals surface area contributed by atoms with Gasteiger partial charge in [-0.05, 0) is 29.5 Å². The maximum absolute atomic E-state index is 14.1. The Kier molecular flexibility index (Phi) is 10.1. The van der Waals surface area contributed by atoms with Crippen molar-refractivity contribution in [3.05, 3.63) is 29.8 Å². The third kappa shape index (κ3) is 8.52. The Hall–Kier alpha value is -3.47. The molecule has 4 aliphatic rings. The van der Waals surface area contributed by atoms with Gasteiger partial charge in [-0.2, -0.15) is 0 Å². The Morgan fingerprint density at radius 1 is 1.00 bits per heavy atom. The normalized spacial score (nSPS) is 31.1. The lowest BCUT2D eigenvalue weighted by molar-refractivity contribution is -0.274. The van der Waals surface area contributed by atoms with Crippen LogP contribution in [0.15, 0.2) is 24.3 Å². The van der Waals surface area contributed by atoms with Gasteiger partial charge in [0.25, 0.3) is 0 Å². The van der Waals surface area contributed by atoms with E-state index in [4.69, 9.17) is 4.74 Å². The molecule has 1 aromatic rings. The zero-order valence-corrected chi connectivity index (χ0v) is 26.5. The Morgan fingerprint density at radius 2 is 1.68 bits per heavy atom. The minimum Gasteiger partial charge on any atom is -0.406 e. The Morgan fingerprint density at radius 3 is 2.34 bits per heavy atom. The molecule has 1 aromatic carbocycles. The van der Waals surface area contributed by atoms with E-state index in [1.54, 1.807) is 0 Å². The van der Waals surface area contributed by atoms with Crippen molar-refractivity contribution in [1.29, 1.82) is 0 Å². The molecule has 0 unspecified atom stereocenters. The van der Waals surface area contributed by atoms with Crippen molar-refractivity contribution in [3.63, 3.8) is 0 Å². The van der Waals surface area contributed by atoms with Crippen LogP contribution in [0.2, 0.25) is 0 Å². The Bertz CT molecular complexity index is 1340. The standard InChI is InChI=1S/C31H42F3N5O8/c1-30(2,3)12-25(41)39-9-8-37-16-21(39)28(44)35-13-23-27(43)26(42)22(46-23)11-24(40)36-18-10-20(29(37)45)38(15-18)14-17-4-6-19(7-5-17)47-31(32,33)34/h4-7,18,20-23,26-27,42-43H,8-16H2,1-3H3,(H,35,44)(H,36,40)/t18-,20-,21-,22-,23+,26-,27+/m0/s1. The second kappa shape index (κ2) is 13.6.